The van der Waals surface area contributed by atoms with Gasteiger partial charge < -0.3 is 20.5 Å². The van der Waals surface area contributed by atoms with Crippen LogP contribution in [0.1, 0.15) is 105 Å². The van der Waals surface area contributed by atoms with Crippen molar-refractivity contribution < 1.29 is 14.6 Å². The lowest BCUT2D eigenvalue weighted by molar-refractivity contribution is -0.0581. The third-order valence-corrected chi connectivity index (χ3v) is 11.4. The summed E-state index contributed by atoms with van der Waals surface area (Å²) < 4.78 is 5.83. The number of carbonyl (C=O) groups is 1. The van der Waals surface area contributed by atoms with Gasteiger partial charge in [-0.25, -0.2) is 4.79 Å². The molecule has 5 heteroatoms. The lowest BCUT2D eigenvalue weighted by atomic mass is 9.47. The summed E-state index contributed by atoms with van der Waals surface area (Å²) in [4.78, 5) is 12.3. The van der Waals surface area contributed by atoms with Gasteiger partial charge in [0.15, 0.2) is 0 Å². The fourth-order valence-electron chi connectivity index (χ4n) is 9.40. The molecule has 5 nitrogen and oxygen atoms in total. The van der Waals surface area contributed by atoms with Crippen LogP contribution in [0.15, 0.2) is 11.6 Å². The number of ether oxygens (including phenoxy) is 1. The number of hydrogen-bond acceptors (Lipinski definition) is 4. The molecule has 212 valence electrons. The molecule has 3 saturated carbocycles. The van der Waals surface area contributed by atoms with Gasteiger partial charge in [0.1, 0.15) is 6.10 Å². The number of allylic oxidation sites excluding steroid dienone is 1. The van der Waals surface area contributed by atoms with Crippen molar-refractivity contribution in [1.29, 1.82) is 0 Å². The summed E-state index contributed by atoms with van der Waals surface area (Å²) in [5.74, 6) is 5.12. The smallest absolute Gasteiger partial charge is 0.407 e. The maximum Gasteiger partial charge on any atom is 0.407 e. The number of carbonyl (C=O) groups excluding carboxylic acids is 1. The predicted molar refractivity (Wildman–Crippen MR) is 151 cm³/mol. The van der Waals surface area contributed by atoms with Gasteiger partial charge in [0.2, 0.25) is 0 Å². The number of rotatable bonds is 11. The zero-order valence-electron chi connectivity index (χ0n) is 24.5. The largest absolute Gasteiger partial charge is 0.446 e. The van der Waals surface area contributed by atoms with Crippen molar-refractivity contribution >= 4 is 6.09 Å². The molecule has 0 aliphatic heterocycles. The SMILES string of the molecule is CC(C)CCC[C@@H](C)[C@H]1CC[C@H]2[C@@H]3CC=C4CC(OC(=O)NCCNCCO)CC[C@]4(C)[C@H]3CC[C@]12C. The molecule has 8 atom stereocenters. The van der Waals surface area contributed by atoms with Crippen molar-refractivity contribution in [2.75, 3.05) is 26.2 Å². The molecule has 0 aromatic heterocycles. The third-order valence-electron chi connectivity index (χ3n) is 11.4. The molecule has 0 bridgehead atoms. The van der Waals surface area contributed by atoms with Crippen LogP contribution in [0.3, 0.4) is 0 Å². The Labute approximate surface area is 227 Å². The van der Waals surface area contributed by atoms with Crippen LogP contribution in [-0.2, 0) is 4.74 Å². The summed E-state index contributed by atoms with van der Waals surface area (Å²) in [6.07, 6.45) is 16.4. The zero-order chi connectivity index (χ0) is 26.6. The molecule has 0 saturated heterocycles. The first-order chi connectivity index (χ1) is 17.7. The molecule has 3 fully saturated rings. The van der Waals surface area contributed by atoms with E-state index in [-0.39, 0.29) is 24.2 Å². The lowest BCUT2D eigenvalue weighted by Crippen LogP contribution is -2.51. The lowest BCUT2D eigenvalue weighted by Gasteiger charge is -2.58. The highest BCUT2D eigenvalue weighted by Gasteiger charge is 2.59. The topological polar surface area (TPSA) is 70.6 Å². The van der Waals surface area contributed by atoms with E-state index in [0.717, 1.165) is 54.8 Å². The molecule has 4 aliphatic carbocycles. The van der Waals surface area contributed by atoms with Crippen molar-refractivity contribution in [3.05, 3.63) is 11.6 Å². The van der Waals surface area contributed by atoms with E-state index in [4.69, 9.17) is 9.84 Å². The first-order valence-corrected chi connectivity index (χ1v) is 15.6. The van der Waals surface area contributed by atoms with Crippen LogP contribution >= 0.6 is 0 Å². The molecule has 0 heterocycles. The fraction of sp³-hybridized carbons (Fsp3) is 0.906. The van der Waals surface area contributed by atoms with Gasteiger partial charge in [0.05, 0.1) is 6.61 Å². The van der Waals surface area contributed by atoms with Crippen molar-refractivity contribution in [2.24, 2.45) is 46.3 Å². The van der Waals surface area contributed by atoms with E-state index in [1.807, 2.05) is 0 Å². The van der Waals surface area contributed by atoms with E-state index in [2.05, 4.69) is 51.3 Å². The van der Waals surface area contributed by atoms with Crippen LogP contribution in [0.25, 0.3) is 0 Å². The van der Waals surface area contributed by atoms with E-state index in [1.165, 1.54) is 51.4 Å². The number of alkyl carbamates (subject to hydrolysis) is 1. The number of nitrogens with one attached hydrogen (secondary N) is 2. The van der Waals surface area contributed by atoms with E-state index in [0.29, 0.717) is 25.0 Å². The molecule has 4 rings (SSSR count). The Bertz CT molecular complexity index is 797. The van der Waals surface area contributed by atoms with Crippen molar-refractivity contribution in [1.82, 2.24) is 10.6 Å². The minimum absolute atomic E-state index is 0.00215. The molecule has 4 aliphatic rings. The van der Waals surface area contributed by atoms with Crippen molar-refractivity contribution in [3.63, 3.8) is 0 Å². The van der Waals surface area contributed by atoms with Gasteiger partial charge in [0.25, 0.3) is 0 Å². The van der Waals surface area contributed by atoms with Gasteiger partial charge in [0, 0.05) is 26.1 Å². The summed E-state index contributed by atoms with van der Waals surface area (Å²) in [6.45, 7) is 14.3. The molecule has 3 N–H and O–H groups in total. The Morgan fingerprint density at radius 2 is 1.86 bits per heavy atom. The van der Waals surface area contributed by atoms with Crippen molar-refractivity contribution in [3.8, 4) is 0 Å². The van der Waals surface area contributed by atoms with Gasteiger partial charge in [-0.3, -0.25) is 0 Å². The number of amides is 1. The average Bonchev–Trinajstić information content (AvgIpc) is 3.21. The first kappa shape index (κ1) is 28.9. The van der Waals surface area contributed by atoms with E-state index in [9.17, 15) is 4.79 Å². The fourth-order valence-corrected chi connectivity index (χ4v) is 9.40. The van der Waals surface area contributed by atoms with Crippen LogP contribution < -0.4 is 10.6 Å². The predicted octanol–water partition coefficient (Wildman–Crippen LogP) is 6.70. The highest BCUT2D eigenvalue weighted by atomic mass is 16.6. The molecule has 1 amide bonds. The van der Waals surface area contributed by atoms with Gasteiger partial charge >= 0.3 is 6.09 Å². The highest BCUT2D eigenvalue weighted by Crippen LogP contribution is 2.67. The summed E-state index contributed by atoms with van der Waals surface area (Å²) >= 11 is 0. The number of aliphatic hydroxyl groups is 1. The van der Waals surface area contributed by atoms with Crippen molar-refractivity contribution in [2.45, 2.75) is 111 Å². The summed E-state index contributed by atoms with van der Waals surface area (Å²) in [5, 5.41) is 14.8. The Morgan fingerprint density at radius 1 is 1.05 bits per heavy atom. The maximum atomic E-state index is 12.3. The van der Waals surface area contributed by atoms with E-state index >= 15 is 0 Å². The Balaban J connectivity index is 1.34. The molecule has 1 unspecified atom stereocenters. The molecule has 37 heavy (non-hydrogen) atoms. The maximum absolute atomic E-state index is 12.3. The minimum atomic E-state index is -0.304. The summed E-state index contributed by atoms with van der Waals surface area (Å²) in [7, 11) is 0. The van der Waals surface area contributed by atoms with Crippen LogP contribution in [0, 0.1) is 46.3 Å². The summed E-state index contributed by atoms with van der Waals surface area (Å²) in [6, 6.07) is 0. The monoisotopic (exact) mass is 516 g/mol. The Morgan fingerprint density at radius 3 is 2.62 bits per heavy atom. The highest BCUT2D eigenvalue weighted by molar-refractivity contribution is 5.67. The zero-order valence-corrected chi connectivity index (χ0v) is 24.5. The van der Waals surface area contributed by atoms with Crippen LogP contribution in [0.4, 0.5) is 4.79 Å². The van der Waals surface area contributed by atoms with Gasteiger partial charge in [-0.2, -0.15) is 0 Å². The molecule has 0 aromatic carbocycles. The van der Waals surface area contributed by atoms with E-state index < -0.39 is 0 Å². The number of fused-ring (bicyclic) bond motifs is 5. The molecule has 0 aromatic rings. The molecular formula is C32H56N2O3. The van der Waals surface area contributed by atoms with Gasteiger partial charge in [-0.05, 0) is 91.3 Å². The second kappa shape index (κ2) is 12.4. The van der Waals surface area contributed by atoms with Gasteiger partial charge in [-0.1, -0.05) is 65.5 Å². The third kappa shape index (κ3) is 6.24. The quantitative estimate of drug-likeness (QED) is 0.211. The number of aliphatic hydroxyl groups excluding tert-OH is 1. The normalized spacial score (nSPS) is 37.8. The Kier molecular flexibility index (Phi) is 9.70. The average molecular weight is 517 g/mol. The van der Waals surface area contributed by atoms with Crippen LogP contribution in [0.5, 0.6) is 0 Å². The standard InChI is InChI=1S/C32H56N2O3/c1-22(2)7-6-8-23(3)27-11-12-28-26-10-9-24-21-25(37-30(36)34-18-17-33-19-20-35)13-15-31(24,4)29(26)14-16-32(27,28)5/h9,22-23,25-29,33,35H,6-8,10-21H2,1-5H3,(H,34,36)/t23-,25?,26+,27-,28+,29+,31+,32-/m1/s1. The Hall–Kier alpha value is -1.07. The molecule has 0 spiro atoms. The molecular weight excluding hydrogens is 460 g/mol. The number of hydrogen-bond donors (Lipinski definition) is 3. The first-order valence-electron chi connectivity index (χ1n) is 15.6. The van der Waals surface area contributed by atoms with E-state index in [1.54, 1.807) is 5.57 Å². The second-order valence-corrected chi connectivity index (χ2v) is 14.0. The van der Waals surface area contributed by atoms with Gasteiger partial charge in [-0.15, -0.1) is 0 Å². The summed E-state index contributed by atoms with van der Waals surface area (Å²) in [5.41, 5.74) is 2.39. The minimum Gasteiger partial charge on any atom is -0.446 e. The second-order valence-electron chi connectivity index (χ2n) is 14.0. The molecule has 0 radical (unpaired) electrons. The van der Waals surface area contributed by atoms with Crippen LogP contribution in [-0.4, -0.2) is 43.5 Å². The van der Waals surface area contributed by atoms with Crippen LogP contribution in [0.2, 0.25) is 0 Å².